The molecule has 3 aromatic rings. The number of hydrogen-bond acceptors (Lipinski definition) is 4. The number of amides is 2. The molecule has 0 N–H and O–H groups in total. The predicted octanol–water partition coefficient (Wildman–Crippen LogP) is 4.24. The summed E-state index contributed by atoms with van der Waals surface area (Å²) in [4.78, 5) is 35.2. The van der Waals surface area contributed by atoms with Crippen LogP contribution < -0.4 is 0 Å². The van der Waals surface area contributed by atoms with Gasteiger partial charge in [0, 0.05) is 26.3 Å². The molecule has 0 spiro atoms. The van der Waals surface area contributed by atoms with Gasteiger partial charge < -0.3 is 9.80 Å². The Morgan fingerprint density at radius 2 is 1.90 bits per heavy atom. The highest BCUT2D eigenvalue weighted by Crippen LogP contribution is 2.29. The molecule has 0 bridgehead atoms. The third-order valence-corrected chi connectivity index (χ3v) is 6.47. The maximum absolute atomic E-state index is 13.5. The van der Waals surface area contributed by atoms with Crippen molar-refractivity contribution < 1.29 is 9.59 Å². The van der Waals surface area contributed by atoms with Crippen LogP contribution in [0.1, 0.15) is 39.8 Å². The first-order valence-electron chi connectivity index (χ1n) is 10.2. The number of aromatic nitrogens is 1. The summed E-state index contributed by atoms with van der Waals surface area (Å²) in [7, 11) is 1.84. The number of piperidine rings is 1. The van der Waals surface area contributed by atoms with Gasteiger partial charge in [-0.2, -0.15) is 0 Å². The summed E-state index contributed by atoms with van der Waals surface area (Å²) in [5, 5.41) is 1.91. The van der Waals surface area contributed by atoms with Crippen LogP contribution in [-0.2, 0) is 4.79 Å². The van der Waals surface area contributed by atoms with E-state index in [1.807, 2.05) is 78.0 Å². The van der Waals surface area contributed by atoms with E-state index in [-0.39, 0.29) is 23.8 Å². The Balaban J connectivity index is 1.55. The van der Waals surface area contributed by atoms with Gasteiger partial charge in [-0.15, -0.1) is 11.3 Å². The maximum Gasteiger partial charge on any atom is 0.263 e. The fourth-order valence-corrected chi connectivity index (χ4v) is 4.79. The lowest BCUT2D eigenvalue weighted by atomic mass is 9.94. The molecule has 2 atom stereocenters. The van der Waals surface area contributed by atoms with Crippen LogP contribution in [-0.4, -0.2) is 46.7 Å². The molecule has 1 saturated heterocycles. The third-order valence-electron chi connectivity index (χ3n) is 5.61. The summed E-state index contributed by atoms with van der Waals surface area (Å²) < 4.78 is 0. The number of hydrogen-bond donors (Lipinski definition) is 0. The number of benzene rings is 1. The van der Waals surface area contributed by atoms with Crippen molar-refractivity contribution in [2.24, 2.45) is 5.92 Å². The van der Waals surface area contributed by atoms with E-state index in [1.54, 1.807) is 11.1 Å². The second kappa shape index (κ2) is 9.22. The van der Waals surface area contributed by atoms with Crippen LogP contribution in [0.25, 0.3) is 0 Å². The van der Waals surface area contributed by atoms with Crippen molar-refractivity contribution in [3.63, 3.8) is 0 Å². The summed E-state index contributed by atoms with van der Waals surface area (Å²) in [6, 6.07) is 19.2. The first kappa shape index (κ1) is 20.3. The molecule has 154 valence electrons. The van der Waals surface area contributed by atoms with Gasteiger partial charge in [-0.3, -0.25) is 14.6 Å². The quantitative estimate of drug-likeness (QED) is 0.621. The predicted molar refractivity (Wildman–Crippen MR) is 118 cm³/mol. The van der Waals surface area contributed by atoms with Crippen molar-refractivity contribution in [1.82, 2.24) is 14.8 Å². The highest BCUT2D eigenvalue weighted by atomic mass is 32.1. The molecule has 0 saturated carbocycles. The number of nitrogens with zero attached hydrogens (tertiary/aromatic N) is 3. The van der Waals surface area contributed by atoms with Gasteiger partial charge in [-0.25, -0.2) is 0 Å². The first-order valence-corrected chi connectivity index (χ1v) is 11.1. The summed E-state index contributed by atoms with van der Waals surface area (Å²) in [5.41, 5.74) is 1.86. The van der Waals surface area contributed by atoms with Gasteiger partial charge >= 0.3 is 0 Å². The molecule has 4 rings (SSSR count). The zero-order chi connectivity index (χ0) is 20.9. The minimum Gasteiger partial charge on any atom is -0.337 e. The number of carbonyl (C=O) groups is 2. The molecular weight excluding hydrogens is 394 g/mol. The van der Waals surface area contributed by atoms with Crippen molar-refractivity contribution in [1.29, 1.82) is 0 Å². The molecule has 1 aliphatic heterocycles. The van der Waals surface area contributed by atoms with Crippen LogP contribution in [0, 0.1) is 5.92 Å². The molecule has 5 nitrogen and oxygen atoms in total. The Morgan fingerprint density at radius 3 is 2.60 bits per heavy atom. The Kier molecular flexibility index (Phi) is 6.23. The topological polar surface area (TPSA) is 53.5 Å². The standard InChI is InChI=1S/C24H25N3O2S/c1-26(22(18-9-3-2-4-10-18)20-12-5-6-14-25-20)23(28)19-11-7-15-27(17-19)24(29)21-13-8-16-30-21/h2-6,8-10,12-14,16,19,22H,7,11,15,17H2,1H3. The summed E-state index contributed by atoms with van der Waals surface area (Å²) in [5.74, 6) is -0.129. The van der Waals surface area contributed by atoms with Crippen LogP contribution >= 0.6 is 11.3 Å². The summed E-state index contributed by atoms with van der Waals surface area (Å²) >= 11 is 1.45. The average Bonchev–Trinajstić information content (AvgIpc) is 3.35. The second-order valence-corrected chi connectivity index (χ2v) is 8.53. The van der Waals surface area contributed by atoms with Crippen LogP contribution in [0.3, 0.4) is 0 Å². The van der Waals surface area contributed by atoms with E-state index in [0.29, 0.717) is 13.1 Å². The highest BCUT2D eigenvalue weighted by Gasteiger charge is 2.34. The molecule has 2 unspecified atom stereocenters. The van der Waals surface area contributed by atoms with Crippen molar-refractivity contribution in [3.05, 3.63) is 88.4 Å². The van der Waals surface area contributed by atoms with Gasteiger partial charge in [0.25, 0.3) is 5.91 Å². The Hall–Kier alpha value is -2.99. The first-order chi connectivity index (χ1) is 14.6. The van der Waals surface area contributed by atoms with Gasteiger partial charge in [-0.1, -0.05) is 42.5 Å². The number of rotatable bonds is 5. The zero-order valence-electron chi connectivity index (χ0n) is 17.0. The molecule has 1 aromatic carbocycles. The van der Waals surface area contributed by atoms with Crippen LogP contribution in [0.15, 0.2) is 72.2 Å². The summed E-state index contributed by atoms with van der Waals surface area (Å²) in [6.45, 7) is 1.16. The van der Waals surface area contributed by atoms with Crippen LogP contribution in [0.2, 0.25) is 0 Å². The average molecular weight is 420 g/mol. The van der Waals surface area contributed by atoms with Gasteiger partial charge in [0.15, 0.2) is 0 Å². The van der Waals surface area contributed by atoms with Crippen LogP contribution in [0.5, 0.6) is 0 Å². The normalized spacial score (nSPS) is 17.4. The fourth-order valence-electron chi connectivity index (χ4n) is 4.10. The number of pyridine rings is 1. The maximum atomic E-state index is 13.5. The second-order valence-electron chi connectivity index (χ2n) is 7.58. The van der Waals surface area contributed by atoms with E-state index in [0.717, 1.165) is 29.0 Å². The lowest BCUT2D eigenvalue weighted by Gasteiger charge is -2.36. The van der Waals surface area contributed by atoms with Gasteiger partial charge in [0.2, 0.25) is 5.91 Å². The lowest BCUT2D eigenvalue weighted by Crippen LogP contribution is -2.46. The monoisotopic (exact) mass is 419 g/mol. The van der Waals surface area contributed by atoms with Crippen LogP contribution in [0.4, 0.5) is 0 Å². The Bertz CT molecular complexity index is 937. The van der Waals surface area contributed by atoms with E-state index < -0.39 is 0 Å². The number of thiophene rings is 1. The Labute approximate surface area is 181 Å². The SMILES string of the molecule is CN(C(=O)C1CCCN(C(=O)c2cccs2)C1)C(c1ccccc1)c1ccccn1. The molecule has 0 radical (unpaired) electrons. The number of carbonyl (C=O) groups excluding carboxylic acids is 2. The van der Waals surface area contributed by atoms with E-state index >= 15 is 0 Å². The molecule has 0 aliphatic carbocycles. The third kappa shape index (κ3) is 4.28. The highest BCUT2D eigenvalue weighted by molar-refractivity contribution is 7.12. The van der Waals surface area contributed by atoms with E-state index in [1.165, 1.54) is 11.3 Å². The van der Waals surface area contributed by atoms with E-state index in [9.17, 15) is 9.59 Å². The fraction of sp³-hybridized carbons (Fsp3) is 0.292. The van der Waals surface area contributed by atoms with Gasteiger partial charge in [0.1, 0.15) is 0 Å². The molecule has 3 heterocycles. The van der Waals surface area contributed by atoms with Gasteiger partial charge in [-0.05, 0) is 42.0 Å². The Morgan fingerprint density at radius 1 is 1.10 bits per heavy atom. The molecule has 30 heavy (non-hydrogen) atoms. The molecule has 2 amide bonds. The summed E-state index contributed by atoms with van der Waals surface area (Å²) in [6.07, 6.45) is 3.38. The minimum atomic E-state index is -0.261. The minimum absolute atomic E-state index is 0.0227. The van der Waals surface area contributed by atoms with E-state index in [4.69, 9.17) is 0 Å². The molecular formula is C24H25N3O2S. The van der Waals surface area contributed by atoms with E-state index in [2.05, 4.69) is 4.98 Å². The molecule has 1 fully saturated rings. The van der Waals surface area contributed by atoms with Crippen molar-refractivity contribution in [3.8, 4) is 0 Å². The lowest BCUT2D eigenvalue weighted by molar-refractivity contribution is -0.137. The smallest absolute Gasteiger partial charge is 0.263 e. The van der Waals surface area contributed by atoms with Crippen molar-refractivity contribution in [2.45, 2.75) is 18.9 Å². The zero-order valence-corrected chi connectivity index (χ0v) is 17.8. The van der Waals surface area contributed by atoms with Crippen molar-refractivity contribution >= 4 is 23.2 Å². The number of likely N-dealkylation sites (tertiary alicyclic amines) is 1. The largest absolute Gasteiger partial charge is 0.337 e. The molecule has 1 aliphatic rings. The van der Waals surface area contributed by atoms with Crippen molar-refractivity contribution in [2.75, 3.05) is 20.1 Å². The molecule has 6 heteroatoms. The van der Waals surface area contributed by atoms with Gasteiger partial charge in [0.05, 0.1) is 22.5 Å². The molecule has 2 aromatic heterocycles.